The third-order valence-corrected chi connectivity index (χ3v) is 4.20. The molecule has 0 saturated heterocycles. The number of phenolic OH excluding ortho intramolecular Hbond substituents is 1. The Hall–Kier alpha value is -2.50. The average Bonchev–Trinajstić information content (AvgIpc) is 3.26. The Labute approximate surface area is 147 Å². The van der Waals surface area contributed by atoms with Gasteiger partial charge in [-0.3, -0.25) is 0 Å². The molecule has 3 rings (SSSR count). The second-order valence-corrected chi connectivity index (χ2v) is 6.21. The second kappa shape index (κ2) is 8.05. The van der Waals surface area contributed by atoms with E-state index in [0.717, 1.165) is 37.1 Å². The minimum absolute atomic E-state index is 0.179. The molecular weight excluding hydrogens is 320 g/mol. The van der Waals surface area contributed by atoms with Crippen LogP contribution < -0.4 is 4.74 Å². The molecule has 0 amide bonds. The maximum atomic E-state index is 10.4. The van der Waals surface area contributed by atoms with E-state index in [1.165, 1.54) is 0 Å². The van der Waals surface area contributed by atoms with E-state index in [1.54, 1.807) is 6.07 Å². The summed E-state index contributed by atoms with van der Waals surface area (Å²) in [5.74, 6) is 2.33. The molecule has 0 atom stereocenters. The lowest BCUT2D eigenvalue weighted by Crippen LogP contribution is -2.04. The summed E-state index contributed by atoms with van der Waals surface area (Å²) in [6.45, 7) is 5.59. The first-order chi connectivity index (χ1) is 12.1. The number of aromatic hydroxyl groups is 1. The number of hydrogen-bond acceptors (Lipinski definition) is 6. The second-order valence-electron chi connectivity index (χ2n) is 6.21. The highest BCUT2D eigenvalue weighted by molar-refractivity contribution is 5.98. The fraction of sp³-hybridized carbons (Fsp3) is 0.474. The molecule has 134 valence electrons. The van der Waals surface area contributed by atoms with Crippen LogP contribution in [0.4, 0.5) is 0 Å². The van der Waals surface area contributed by atoms with Gasteiger partial charge in [0.1, 0.15) is 23.9 Å². The van der Waals surface area contributed by atoms with Crippen molar-refractivity contribution in [3.05, 3.63) is 40.8 Å². The molecule has 0 spiro atoms. The van der Waals surface area contributed by atoms with Gasteiger partial charge in [0, 0.05) is 18.1 Å². The van der Waals surface area contributed by atoms with Gasteiger partial charge in [-0.2, -0.15) is 0 Å². The van der Waals surface area contributed by atoms with Crippen LogP contribution >= 0.6 is 0 Å². The SMILES string of the molecule is Cc1cc(CCCCCOc2ccc(C3=NCCO3)c(O)c2C)on1. The Morgan fingerprint density at radius 2 is 2.08 bits per heavy atom. The van der Waals surface area contributed by atoms with Crippen molar-refractivity contribution >= 4 is 5.90 Å². The van der Waals surface area contributed by atoms with Crippen LogP contribution in [0.5, 0.6) is 11.5 Å². The highest BCUT2D eigenvalue weighted by Gasteiger charge is 2.18. The summed E-state index contributed by atoms with van der Waals surface area (Å²) < 4.78 is 16.4. The highest BCUT2D eigenvalue weighted by Crippen LogP contribution is 2.31. The maximum Gasteiger partial charge on any atom is 0.220 e. The zero-order valence-electron chi connectivity index (χ0n) is 14.7. The molecule has 6 nitrogen and oxygen atoms in total. The van der Waals surface area contributed by atoms with Crippen LogP contribution in [0, 0.1) is 13.8 Å². The molecule has 1 aromatic carbocycles. The lowest BCUT2D eigenvalue weighted by molar-refractivity contribution is 0.299. The van der Waals surface area contributed by atoms with Crippen LogP contribution in [0.15, 0.2) is 27.7 Å². The highest BCUT2D eigenvalue weighted by atomic mass is 16.5. The third kappa shape index (κ3) is 4.32. The lowest BCUT2D eigenvalue weighted by atomic mass is 10.1. The summed E-state index contributed by atoms with van der Waals surface area (Å²) in [4.78, 5) is 4.24. The van der Waals surface area contributed by atoms with Crippen LogP contribution in [-0.2, 0) is 11.2 Å². The number of aliphatic imine (C=N–C) groups is 1. The Morgan fingerprint density at radius 3 is 2.80 bits per heavy atom. The van der Waals surface area contributed by atoms with Crippen molar-refractivity contribution in [2.45, 2.75) is 39.5 Å². The molecule has 6 heteroatoms. The molecule has 0 saturated carbocycles. The molecule has 1 aliphatic heterocycles. The van der Waals surface area contributed by atoms with Crippen molar-refractivity contribution in [2.24, 2.45) is 4.99 Å². The monoisotopic (exact) mass is 344 g/mol. The number of phenols is 1. The van der Waals surface area contributed by atoms with Gasteiger partial charge in [-0.25, -0.2) is 4.99 Å². The fourth-order valence-electron chi connectivity index (χ4n) is 2.80. The van der Waals surface area contributed by atoms with Crippen molar-refractivity contribution in [1.29, 1.82) is 0 Å². The summed E-state index contributed by atoms with van der Waals surface area (Å²) in [5.41, 5.74) is 2.27. The van der Waals surface area contributed by atoms with Crippen molar-refractivity contribution in [3.8, 4) is 11.5 Å². The van der Waals surface area contributed by atoms with Crippen LogP contribution in [-0.4, -0.2) is 35.9 Å². The molecule has 2 heterocycles. The number of nitrogens with zero attached hydrogens (tertiary/aromatic N) is 2. The number of rotatable bonds is 8. The summed E-state index contributed by atoms with van der Waals surface area (Å²) >= 11 is 0. The number of unbranched alkanes of at least 4 members (excludes halogenated alkanes) is 2. The van der Waals surface area contributed by atoms with E-state index in [-0.39, 0.29) is 5.75 Å². The first-order valence-corrected chi connectivity index (χ1v) is 8.70. The fourth-order valence-corrected chi connectivity index (χ4v) is 2.80. The molecule has 0 unspecified atom stereocenters. The lowest BCUT2D eigenvalue weighted by Gasteiger charge is -2.13. The van der Waals surface area contributed by atoms with Crippen LogP contribution in [0.25, 0.3) is 0 Å². The van der Waals surface area contributed by atoms with E-state index in [4.69, 9.17) is 14.0 Å². The molecule has 25 heavy (non-hydrogen) atoms. The Morgan fingerprint density at radius 1 is 1.20 bits per heavy atom. The molecular formula is C19H24N2O4. The number of aryl methyl sites for hydroxylation is 2. The van der Waals surface area contributed by atoms with Crippen molar-refractivity contribution < 1.29 is 19.1 Å². The van der Waals surface area contributed by atoms with E-state index in [9.17, 15) is 5.11 Å². The number of benzene rings is 1. The van der Waals surface area contributed by atoms with Crippen molar-refractivity contribution in [2.75, 3.05) is 19.8 Å². The number of aromatic nitrogens is 1. The van der Waals surface area contributed by atoms with E-state index >= 15 is 0 Å². The summed E-state index contributed by atoms with van der Waals surface area (Å²) in [6, 6.07) is 5.64. The zero-order chi connectivity index (χ0) is 17.6. The molecule has 2 aromatic rings. The largest absolute Gasteiger partial charge is 0.507 e. The predicted molar refractivity (Wildman–Crippen MR) is 94.5 cm³/mol. The van der Waals surface area contributed by atoms with Gasteiger partial charge in [0.2, 0.25) is 5.90 Å². The van der Waals surface area contributed by atoms with Gasteiger partial charge in [-0.15, -0.1) is 0 Å². The van der Waals surface area contributed by atoms with Gasteiger partial charge in [-0.05, 0) is 45.2 Å². The quantitative estimate of drug-likeness (QED) is 0.741. The number of ether oxygens (including phenoxy) is 2. The molecule has 1 aromatic heterocycles. The summed E-state index contributed by atoms with van der Waals surface area (Å²) in [6.07, 6.45) is 3.94. The van der Waals surface area contributed by atoms with Crippen LogP contribution in [0.1, 0.15) is 41.8 Å². The topological polar surface area (TPSA) is 77.1 Å². The van der Waals surface area contributed by atoms with E-state index < -0.39 is 0 Å². The molecule has 1 N–H and O–H groups in total. The van der Waals surface area contributed by atoms with E-state index in [1.807, 2.05) is 26.0 Å². The normalized spacial score (nSPS) is 13.6. The third-order valence-electron chi connectivity index (χ3n) is 4.20. The zero-order valence-corrected chi connectivity index (χ0v) is 14.7. The van der Waals surface area contributed by atoms with Gasteiger partial charge < -0.3 is 19.1 Å². The van der Waals surface area contributed by atoms with Gasteiger partial charge in [0.05, 0.1) is 24.4 Å². The van der Waals surface area contributed by atoms with Gasteiger partial charge >= 0.3 is 0 Å². The van der Waals surface area contributed by atoms with Crippen LogP contribution in [0.3, 0.4) is 0 Å². The number of hydrogen-bond donors (Lipinski definition) is 1. The molecule has 0 bridgehead atoms. The maximum absolute atomic E-state index is 10.4. The van der Waals surface area contributed by atoms with E-state index in [2.05, 4.69) is 10.1 Å². The van der Waals surface area contributed by atoms with Crippen molar-refractivity contribution in [3.63, 3.8) is 0 Å². The first kappa shape index (κ1) is 17.3. The van der Waals surface area contributed by atoms with E-state index in [0.29, 0.717) is 42.5 Å². The van der Waals surface area contributed by atoms with Crippen molar-refractivity contribution in [1.82, 2.24) is 5.16 Å². The average molecular weight is 344 g/mol. The molecule has 0 aliphatic carbocycles. The first-order valence-electron chi connectivity index (χ1n) is 8.70. The molecule has 1 aliphatic rings. The Balaban J connectivity index is 1.44. The minimum Gasteiger partial charge on any atom is -0.507 e. The summed E-state index contributed by atoms with van der Waals surface area (Å²) in [5, 5.41) is 14.2. The standard InChI is InChI=1S/C19H24N2O4/c1-13-12-15(25-21-13)6-4-3-5-10-23-17-8-7-16(18(22)14(17)2)19-20-9-11-24-19/h7-8,12,22H,3-6,9-11H2,1-2H3. The van der Waals surface area contributed by atoms with Gasteiger partial charge in [0.25, 0.3) is 0 Å². The van der Waals surface area contributed by atoms with Gasteiger partial charge in [0.15, 0.2) is 0 Å². The molecule has 0 radical (unpaired) electrons. The minimum atomic E-state index is 0.179. The molecule has 0 fully saturated rings. The Bertz CT molecular complexity index is 752. The predicted octanol–water partition coefficient (Wildman–Crippen LogP) is 3.57. The van der Waals surface area contributed by atoms with Gasteiger partial charge in [-0.1, -0.05) is 5.16 Å². The van der Waals surface area contributed by atoms with Crippen LogP contribution in [0.2, 0.25) is 0 Å². The smallest absolute Gasteiger partial charge is 0.220 e. The summed E-state index contributed by atoms with van der Waals surface area (Å²) in [7, 11) is 0. The Kier molecular flexibility index (Phi) is 5.58.